The van der Waals surface area contributed by atoms with Crippen LogP contribution >= 0.6 is 7.67 Å². The molecule has 1 aliphatic heterocycles. The van der Waals surface area contributed by atoms with Crippen LogP contribution < -0.4 is 21.4 Å². The van der Waals surface area contributed by atoms with Crippen LogP contribution in [0.25, 0.3) is 0 Å². The second kappa shape index (κ2) is 12.5. The van der Waals surface area contributed by atoms with Gasteiger partial charge >= 0.3 is 25.3 Å². The molecule has 1 aliphatic carbocycles. The Labute approximate surface area is 237 Å². The van der Waals surface area contributed by atoms with Crippen molar-refractivity contribution in [1.82, 2.24) is 19.7 Å². The summed E-state index contributed by atoms with van der Waals surface area (Å²) in [4.78, 5) is 50.9. The Balaban J connectivity index is 1.85. The van der Waals surface area contributed by atoms with Crippen LogP contribution in [0.1, 0.15) is 53.5 Å². The second-order valence-corrected chi connectivity index (χ2v) is 13.3. The van der Waals surface area contributed by atoms with Gasteiger partial charge in [0.15, 0.2) is 0 Å². The van der Waals surface area contributed by atoms with E-state index in [0.29, 0.717) is 0 Å². The lowest BCUT2D eigenvalue weighted by atomic mass is 10.1. The van der Waals surface area contributed by atoms with Crippen molar-refractivity contribution in [2.24, 2.45) is 11.8 Å². The number of methoxy groups -OCH3 is 2. The highest BCUT2D eigenvalue weighted by Crippen LogP contribution is 2.67. The lowest BCUT2D eigenvalue weighted by Crippen LogP contribution is -2.46. The average molecular weight is 605 g/mol. The normalized spacial score (nSPS) is 30.0. The van der Waals surface area contributed by atoms with Crippen LogP contribution in [0.3, 0.4) is 0 Å². The molecular formula is C25H41N4O11P. The molecule has 0 amide bonds. The Kier molecular flexibility index (Phi) is 10.1. The molecule has 1 saturated carbocycles. The van der Waals surface area contributed by atoms with Crippen molar-refractivity contribution in [2.45, 2.75) is 89.0 Å². The first kappa shape index (κ1) is 33.1. The van der Waals surface area contributed by atoms with Gasteiger partial charge in [-0.3, -0.25) is 28.5 Å². The predicted octanol–water partition coefficient (Wildman–Crippen LogP) is -0.180. The summed E-state index contributed by atoms with van der Waals surface area (Å²) in [5, 5.41) is 27.7. The van der Waals surface area contributed by atoms with Crippen LogP contribution in [0.2, 0.25) is 0 Å². The third kappa shape index (κ3) is 6.66. The average Bonchev–Trinajstić information content (AvgIpc) is 3.29. The van der Waals surface area contributed by atoms with Gasteiger partial charge in [0.2, 0.25) is 0 Å². The van der Waals surface area contributed by atoms with Gasteiger partial charge in [0.1, 0.15) is 41.5 Å². The van der Waals surface area contributed by atoms with Crippen LogP contribution in [0.15, 0.2) is 21.9 Å². The number of esters is 2. The summed E-state index contributed by atoms with van der Waals surface area (Å²) in [5.41, 5.74) is -4.77. The maximum absolute atomic E-state index is 14.2. The molecule has 2 fully saturated rings. The number of aliphatic hydroxyl groups is 2. The summed E-state index contributed by atoms with van der Waals surface area (Å²) < 4.78 is 36.6. The molecule has 1 aromatic rings. The molecular weight excluding hydrogens is 563 g/mol. The first-order valence-corrected chi connectivity index (χ1v) is 15.0. The molecule has 1 saturated heterocycles. The van der Waals surface area contributed by atoms with Crippen LogP contribution in [0.5, 0.6) is 0 Å². The van der Waals surface area contributed by atoms with E-state index in [1.54, 1.807) is 0 Å². The standard InChI is InChI=1S/C25H41N4O11P/c1-13(2)10-15(20(32)37-6)27-41(36,28-16(11-14(3)4)21(33)38-7)39-12-17-19(31)25(35)22(24(25,5)40-17)29-9-8-18(30)26-23(29)34/h8-9,13-17,19,22,31,35H,10-12H2,1-7H3,(H,26,30,34)(H2,27,28,36)/t15?,16?,17-,19?,22-,24?,25?,41?/m1/s1. The Bertz CT molecular complexity index is 1250. The first-order chi connectivity index (χ1) is 19.0. The SMILES string of the molecule is COC(=O)C(CC(C)C)NP(=O)(NC(CC(C)C)C(=O)OC)OC[C@H]1OC2(C)[C@@H](n3ccc(=O)[nH]c3=O)C2(O)C1O. The molecule has 5 unspecified atom stereocenters. The fourth-order valence-corrected chi connectivity index (χ4v) is 7.24. The highest BCUT2D eigenvalue weighted by Gasteiger charge is 2.85. The number of H-pyrrole nitrogens is 1. The van der Waals surface area contributed by atoms with Crippen LogP contribution in [-0.4, -0.2) is 88.0 Å². The van der Waals surface area contributed by atoms with Crippen molar-refractivity contribution in [3.05, 3.63) is 33.1 Å². The Morgan fingerprint density at radius 1 is 1.10 bits per heavy atom. The monoisotopic (exact) mass is 604 g/mol. The largest absolute Gasteiger partial charge is 0.468 e. The minimum absolute atomic E-state index is 0.0123. The molecule has 7 atom stereocenters. The summed E-state index contributed by atoms with van der Waals surface area (Å²) >= 11 is 0. The van der Waals surface area contributed by atoms with Gasteiger partial charge in [-0.2, -0.15) is 0 Å². The second-order valence-electron chi connectivity index (χ2n) is 11.5. The van der Waals surface area contributed by atoms with Gasteiger partial charge in [0.25, 0.3) is 5.56 Å². The van der Waals surface area contributed by atoms with E-state index in [1.807, 2.05) is 27.7 Å². The van der Waals surface area contributed by atoms with Crippen molar-refractivity contribution < 1.29 is 43.1 Å². The topological polar surface area (TPSA) is 208 Å². The van der Waals surface area contributed by atoms with E-state index >= 15 is 0 Å². The molecule has 0 spiro atoms. The highest BCUT2D eigenvalue weighted by molar-refractivity contribution is 7.54. The zero-order chi connectivity index (χ0) is 30.9. The Morgan fingerprint density at radius 3 is 2.00 bits per heavy atom. The number of aromatic amines is 1. The predicted molar refractivity (Wildman–Crippen MR) is 145 cm³/mol. The number of nitrogens with one attached hydrogen (secondary N) is 3. The number of carbonyl (C=O) groups is 2. The maximum Gasteiger partial charge on any atom is 0.342 e. The number of hydrogen-bond donors (Lipinski definition) is 5. The van der Waals surface area contributed by atoms with Crippen molar-refractivity contribution in [3.63, 3.8) is 0 Å². The van der Waals surface area contributed by atoms with Gasteiger partial charge in [-0.15, -0.1) is 0 Å². The Hall–Kier alpha value is -2.39. The molecule has 232 valence electrons. The summed E-state index contributed by atoms with van der Waals surface area (Å²) in [6.45, 7) is 8.37. The van der Waals surface area contributed by atoms with Gasteiger partial charge in [-0.1, -0.05) is 27.7 Å². The molecule has 16 heteroatoms. The summed E-state index contributed by atoms with van der Waals surface area (Å²) in [5.74, 6) is -1.42. The summed E-state index contributed by atoms with van der Waals surface area (Å²) in [7, 11) is -1.89. The van der Waals surface area contributed by atoms with Crippen molar-refractivity contribution in [3.8, 4) is 0 Å². The number of aliphatic hydroxyl groups excluding tert-OH is 1. The highest BCUT2D eigenvalue weighted by atomic mass is 31.2. The first-order valence-electron chi connectivity index (χ1n) is 13.4. The lowest BCUT2D eigenvalue weighted by Gasteiger charge is -2.31. The minimum atomic E-state index is -4.26. The fraction of sp³-hybridized carbons (Fsp3) is 0.760. The number of nitrogens with zero attached hydrogens (tertiary/aromatic N) is 1. The van der Waals surface area contributed by atoms with Gasteiger partial charge < -0.3 is 28.9 Å². The zero-order valence-electron chi connectivity index (χ0n) is 24.3. The number of hydrogen-bond acceptors (Lipinski definition) is 11. The van der Waals surface area contributed by atoms with E-state index in [0.717, 1.165) is 10.6 Å². The molecule has 2 heterocycles. The number of aromatic nitrogens is 2. The zero-order valence-corrected chi connectivity index (χ0v) is 25.2. The maximum atomic E-state index is 14.2. The number of carbonyl (C=O) groups excluding carboxylic acids is 2. The fourth-order valence-electron chi connectivity index (χ4n) is 5.42. The van der Waals surface area contributed by atoms with Crippen molar-refractivity contribution >= 4 is 19.6 Å². The molecule has 3 rings (SSSR count). The number of ether oxygens (including phenoxy) is 3. The molecule has 0 radical (unpaired) electrons. The van der Waals surface area contributed by atoms with E-state index < -0.39 is 79.0 Å². The Morgan fingerprint density at radius 2 is 1.61 bits per heavy atom. The van der Waals surface area contributed by atoms with E-state index in [2.05, 4.69) is 15.2 Å². The van der Waals surface area contributed by atoms with E-state index in [-0.39, 0.29) is 24.7 Å². The van der Waals surface area contributed by atoms with Crippen molar-refractivity contribution in [2.75, 3.05) is 20.8 Å². The van der Waals surface area contributed by atoms with Gasteiger partial charge in [0.05, 0.1) is 20.8 Å². The molecule has 0 aromatic carbocycles. The molecule has 15 nitrogen and oxygen atoms in total. The van der Waals surface area contributed by atoms with Crippen LogP contribution in [0.4, 0.5) is 0 Å². The lowest BCUT2D eigenvalue weighted by molar-refractivity contribution is -0.143. The van der Waals surface area contributed by atoms with E-state index in [9.17, 15) is 34.0 Å². The smallest absolute Gasteiger partial charge is 0.342 e. The van der Waals surface area contributed by atoms with Crippen LogP contribution in [-0.2, 0) is 32.9 Å². The number of rotatable bonds is 14. The molecule has 1 aromatic heterocycles. The summed E-state index contributed by atoms with van der Waals surface area (Å²) in [6.07, 6.45) is -1.15. The van der Waals surface area contributed by atoms with Gasteiger partial charge in [0, 0.05) is 12.3 Å². The molecule has 0 bridgehead atoms. The van der Waals surface area contributed by atoms with Gasteiger partial charge in [-0.05, 0) is 31.6 Å². The van der Waals surface area contributed by atoms with Crippen LogP contribution in [0, 0.1) is 11.8 Å². The quantitative estimate of drug-likeness (QED) is 0.138. The molecule has 41 heavy (non-hydrogen) atoms. The number of fused-ring (bicyclic) bond motifs is 1. The molecule has 2 aliphatic rings. The minimum Gasteiger partial charge on any atom is -0.468 e. The summed E-state index contributed by atoms with van der Waals surface area (Å²) in [6, 6.07) is -2.06. The third-order valence-electron chi connectivity index (χ3n) is 7.44. The van der Waals surface area contributed by atoms with E-state index in [4.69, 9.17) is 18.7 Å². The molecule has 5 N–H and O–H groups in total. The van der Waals surface area contributed by atoms with Crippen molar-refractivity contribution in [1.29, 1.82) is 0 Å². The third-order valence-corrected chi connectivity index (χ3v) is 9.25. The van der Waals surface area contributed by atoms with E-state index in [1.165, 1.54) is 27.3 Å². The van der Waals surface area contributed by atoms with Gasteiger partial charge in [-0.25, -0.2) is 15.0 Å².